The maximum Gasteiger partial charge on any atom is 0.274 e. The highest BCUT2D eigenvalue weighted by Gasteiger charge is 2.43. The number of nitrogens with one attached hydrogen (secondary N) is 1. The molecular weight excluding hydrogens is 432 g/mol. The molecule has 0 bridgehead atoms. The number of anilines is 1. The zero-order valence-electron chi connectivity index (χ0n) is 18.8. The summed E-state index contributed by atoms with van der Waals surface area (Å²) in [5.74, 6) is -4.66. The van der Waals surface area contributed by atoms with Crippen molar-refractivity contribution in [1.29, 1.82) is 0 Å². The Morgan fingerprint density at radius 3 is 2.68 bits per heavy atom. The van der Waals surface area contributed by atoms with E-state index in [-0.39, 0.29) is 15.7 Å². The minimum absolute atomic E-state index is 0.0309. The Hall–Kier alpha value is -3.28. The Balaban J connectivity index is 2.02. The fourth-order valence-corrected chi connectivity index (χ4v) is 4.83. The van der Waals surface area contributed by atoms with Crippen LogP contribution in [-0.4, -0.2) is 48.9 Å². The monoisotopic (exact) mass is 455 g/mol. The van der Waals surface area contributed by atoms with Crippen LogP contribution in [0, 0.1) is 11.6 Å². The molecule has 1 atom stereocenters. The molecule has 1 aliphatic rings. The predicted octanol–water partition coefficient (Wildman–Crippen LogP) is 1.82. The summed E-state index contributed by atoms with van der Waals surface area (Å²) in [5.41, 5.74) is 3.13. The van der Waals surface area contributed by atoms with Crippen molar-refractivity contribution in [2.45, 2.75) is 19.4 Å². The second-order valence-electron chi connectivity index (χ2n) is 6.85. The Labute approximate surface area is 180 Å². The summed E-state index contributed by atoms with van der Waals surface area (Å²) >= 11 is 0. The number of carbonyl (C=O) groups is 1. The highest BCUT2D eigenvalue weighted by molar-refractivity contribution is 7.89. The number of nitrogens with two attached hydrogens (primary N) is 1. The molecule has 2 heterocycles. The van der Waals surface area contributed by atoms with E-state index in [1.807, 2.05) is 0 Å². The topological polar surface area (TPSA) is 127 Å². The minimum atomic E-state index is -4.40. The zero-order valence-corrected chi connectivity index (χ0v) is 17.6. The number of pyridine rings is 1. The second-order valence-corrected chi connectivity index (χ2v) is 8.66. The van der Waals surface area contributed by atoms with Crippen LogP contribution in [0.3, 0.4) is 0 Å². The summed E-state index contributed by atoms with van der Waals surface area (Å²) in [6, 6.07) is 4.62. The summed E-state index contributed by atoms with van der Waals surface area (Å²) in [7, 11) is -2.97. The maximum absolute atomic E-state index is 14.8. The van der Waals surface area contributed by atoms with E-state index in [0.717, 1.165) is 19.1 Å². The van der Waals surface area contributed by atoms with Crippen LogP contribution in [0.2, 0.25) is 0 Å². The van der Waals surface area contributed by atoms with E-state index in [4.69, 9.17) is 13.2 Å². The standard InChI is InChI=1S/C19H21F2N5O4S/c1-4-26-18(22)25-19(2,10-31(26,28)29)13-7-11(8-14(20)16(13)21)24-17(27)15-6-5-12(30-3)9-23-15/h5-9H,4,10H2,1-3H3,(H2,22,25)(H,24,27)/t19-/m0/s1/i4D2. The fraction of sp³-hybridized carbons (Fsp3) is 0.316. The minimum Gasteiger partial charge on any atom is -0.495 e. The van der Waals surface area contributed by atoms with Crippen LogP contribution < -0.4 is 15.8 Å². The highest BCUT2D eigenvalue weighted by Crippen LogP contribution is 2.36. The largest absolute Gasteiger partial charge is 0.495 e. The first kappa shape index (κ1) is 19.7. The van der Waals surface area contributed by atoms with Crippen molar-refractivity contribution in [1.82, 2.24) is 9.29 Å². The van der Waals surface area contributed by atoms with Crippen LogP contribution in [0.15, 0.2) is 35.5 Å². The SMILES string of the molecule is [2H]C([2H])(C)N1C(N)=N[C@](C)(c2cc(NC(=O)c3ccc(OC)cn3)cc(F)c2F)CS1(=O)=O. The maximum atomic E-state index is 14.8. The van der Waals surface area contributed by atoms with Gasteiger partial charge in [-0.15, -0.1) is 0 Å². The molecule has 1 amide bonds. The van der Waals surface area contributed by atoms with Crippen molar-refractivity contribution in [3.05, 3.63) is 53.4 Å². The van der Waals surface area contributed by atoms with Crippen LogP contribution in [0.25, 0.3) is 0 Å². The molecule has 2 aromatic rings. The van der Waals surface area contributed by atoms with Crippen LogP contribution >= 0.6 is 0 Å². The lowest BCUT2D eigenvalue weighted by molar-refractivity contribution is 0.102. The average molecular weight is 455 g/mol. The summed E-state index contributed by atoms with van der Waals surface area (Å²) < 4.78 is 75.3. The zero-order chi connectivity index (χ0) is 24.8. The molecule has 0 spiro atoms. The molecule has 0 radical (unpaired) electrons. The number of guanidine groups is 1. The van der Waals surface area contributed by atoms with E-state index in [2.05, 4.69) is 15.3 Å². The van der Waals surface area contributed by atoms with Crippen LogP contribution in [0.5, 0.6) is 5.75 Å². The summed E-state index contributed by atoms with van der Waals surface area (Å²) in [4.78, 5) is 20.4. The van der Waals surface area contributed by atoms with Gasteiger partial charge in [0, 0.05) is 23.8 Å². The number of aliphatic imine (C=N–C) groups is 1. The second kappa shape index (κ2) is 8.10. The molecule has 31 heavy (non-hydrogen) atoms. The molecule has 3 N–H and O–H groups in total. The first-order chi connectivity index (χ1) is 15.2. The third-order valence-electron chi connectivity index (χ3n) is 4.59. The summed E-state index contributed by atoms with van der Waals surface area (Å²) in [5, 5.41) is 2.38. The summed E-state index contributed by atoms with van der Waals surface area (Å²) in [6.07, 6.45) is 1.30. The number of methoxy groups -OCH3 is 1. The van der Waals surface area contributed by atoms with Crippen LogP contribution in [0.4, 0.5) is 14.5 Å². The Morgan fingerprint density at radius 1 is 1.42 bits per heavy atom. The summed E-state index contributed by atoms with van der Waals surface area (Å²) in [6.45, 7) is -0.216. The lowest BCUT2D eigenvalue weighted by atomic mass is 9.93. The lowest BCUT2D eigenvalue weighted by Crippen LogP contribution is -2.52. The van der Waals surface area contributed by atoms with Crippen molar-refractivity contribution < 1.29 is 29.5 Å². The van der Waals surface area contributed by atoms with Gasteiger partial charge in [-0.3, -0.25) is 4.79 Å². The van der Waals surface area contributed by atoms with Gasteiger partial charge in [-0.25, -0.2) is 31.5 Å². The molecule has 0 fully saturated rings. The number of aromatic nitrogens is 1. The van der Waals surface area contributed by atoms with Gasteiger partial charge in [-0.05, 0) is 32.0 Å². The van der Waals surface area contributed by atoms with Crippen LogP contribution in [-0.2, 0) is 15.6 Å². The number of halogens is 2. The number of carbonyl (C=O) groups excluding carboxylic acids is 1. The molecule has 12 heteroatoms. The molecule has 3 rings (SSSR count). The molecule has 9 nitrogen and oxygen atoms in total. The molecule has 166 valence electrons. The number of sulfonamides is 1. The molecule has 1 aliphatic heterocycles. The third kappa shape index (κ3) is 4.29. The van der Waals surface area contributed by atoms with E-state index in [1.54, 1.807) is 0 Å². The number of rotatable bonds is 5. The van der Waals surface area contributed by atoms with Crippen molar-refractivity contribution in [3.63, 3.8) is 0 Å². The smallest absolute Gasteiger partial charge is 0.274 e. The van der Waals surface area contributed by atoms with Crippen molar-refractivity contribution in [2.24, 2.45) is 10.7 Å². The predicted molar refractivity (Wildman–Crippen MR) is 110 cm³/mol. The van der Waals surface area contributed by atoms with Crippen molar-refractivity contribution in [3.8, 4) is 5.75 Å². The quantitative estimate of drug-likeness (QED) is 0.708. The normalized spacial score (nSPS) is 21.6. The molecule has 0 unspecified atom stereocenters. The molecule has 1 aromatic carbocycles. The number of hydrogen-bond acceptors (Lipinski definition) is 7. The van der Waals surface area contributed by atoms with E-state index in [9.17, 15) is 22.0 Å². The Morgan fingerprint density at radius 2 is 2.13 bits per heavy atom. The van der Waals surface area contributed by atoms with Gasteiger partial charge >= 0.3 is 0 Å². The highest BCUT2D eigenvalue weighted by atomic mass is 32.2. The van der Waals surface area contributed by atoms with Gasteiger partial charge < -0.3 is 15.8 Å². The molecule has 1 aromatic heterocycles. The first-order valence-corrected chi connectivity index (χ1v) is 10.5. The molecule has 0 saturated heterocycles. The van der Waals surface area contributed by atoms with E-state index in [1.165, 1.54) is 32.4 Å². The van der Waals surface area contributed by atoms with Gasteiger partial charge in [0.25, 0.3) is 5.91 Å². The number of amides is 1. The number of ether oxygens (including phenoxy) is 1. The Kier molecular flexibility index (Phi) is 5.14. The number of nitrogens with zero attached hydrogens (tertiary/aromatic N) is 3. The van der Waals surface area contributed by atoms with Crippen molar-refractivity contribution in [2.75, 3.05) is 24.7 Å². The third-order valence-corrected chi connectivity index (χ3v) is 6.44. The number of benzene rings is 1. The molecule has 0 aliphatic carbocycles. The van der Waals surface area contributed by atoms with E-state index < -0.39 is 56.9 Å². The fourth-order valence-electron chi connectivity index (χ4n) is 3.17. The Bertz CT molecular complexity index is 1240. The van der Waals surface area contributed by atoms with E-state index in [0.29, 0.717) is 5.75 Å². The van der Waals surface area contributed by atoms with Gasteiger partial charge in [0.05, 0.1) is 21.8 Å². The van der Waals surface area contributed by atoms with Gasteiger partial charge in [0.2, 0.25) is 16.0 Å². The molecule has 0 saturated carbocycles. The molecular formula is C19H21F2N5O4S. The number of hydrogen-bond donors (Lipinski definition) is 2. The van der Waals surface area contributed by atoms with Crippen molar-refractivity contribution >= 4 is 27.6 Å². The van der Waals surface area contributed by atoms with E-state index >= 15 is 0 Å². The van der Waals surface area contributed by atoms with Gasteiger partial charge in [0.15, 0.2) is 11.6 Å². The van der Waals surface area contributed by atoms with Gasteiger partial charge in [0.1, 0.15) is 17.0 Å². The first-order valence-electron chi connectivity index (χ1n) is 9.87. The van der Waals surface area contributed by atoms with Gasteiger partial charge in [-0.2, -0.15) is 0 Å². The van der Waals surface area contributed by atoms with Gasteiger partial charge in [-0.1, -0.05) is 0 Å². The van der Waals surface area contributed by atoms with Crippen LogP contribution in [0.1, 0.15) is 32.6 Å². The lowest BCUT2D eigenvalue weighted by Gasteiger charge is -2.36. The average Bonchev–Trinajstić information content (AvgIpc) is 2.67.